The van der Waals surface area contributed by atoms with E-state index in [9.17, 15) is 22.8 Å². The van der Waals surface area contributed by atoms with Crippen molar-refractivity contribution in [1.29, 1.82) is 0 Å². The zero-order valence-corrected chi connectivity index (χ0v) is 19.5. The third kappa shape index (κ3) is 6.91. The van der Waals surface area contributed by atoms with Crippen molar-refractivity contribution >= 4 is 45.1 Å². The average molecular weight is 496 g/mol. The number of thiophene rings is 1. The van der Waals surface area contributed by atoms with Crippen LogP contribution in [-0.4, -0.2) is 56.8 Å². The number of hydrogen-bond donors (Lipinski definition) is 4. The molecule has 2 heterocycles. The summed E-state index contributed by atoms with van der Waals surface area (Å²) in [5.74, 6) is -0.639. The minimum absolute atomic E-state index is 0.152. The molecular weight excluding hydrogens is 470 g/mol. The standard InChI is InChI=1S/C20H25N5O6S2/c1-33(29,30)23-10-12-4-6-13(7-5-12)16-9-15(24-19(21)27)17(32-16)18(26)31-14-3-2-8-25(11-14)20(22)28/h4-7,9,14,23H,2-3,8,10-11H2,1H3,(H2,22,28)(H3,21,24,27). The molecule has 0 spiro atoms. The molecule has 6 N–H and O–H groups in total. The monoisotopic (exact) mass is 495 g/mol. The first-order valence-electron chi connectivity index (χ1n) is 10.0. The van der Waals surface area contributed by atoms with Crippen molar-refractivity contribution in [2.24, 2.45) is 11.5 Å². The Balaban J connectivity index is 1.78. The first kappa shape index (κ1) is 24.5. The first-order valence-corrected chi connectivity index (χ1v) is 12.7. The van der Waals surface area contributed by atoms with E-state index in [1.165, 1.54) is 4.90 Å². The van der Waals surface area contributed by atoms with Gasteiger partial charge in [0, 0.05) is 18.0 Å². The van der Waals surface area contributed by atoms with Gasteiger partial charge in [0.2, 0.25) is 10.0 Å². The quantitative estimate of drug-likeness (QED) is 0.425. The number of nitrogens with zero attached hydrogens (tertiary/aromatic N) is 1. The molecule has 1 aliphatic rings. The molecule has 0 radical (unpaired) electrons. The van der Waals surface area contributed by atoms with Crippen molar-refractivity contribution in [3.8, 4) is 10.4 Å². The number of nitrogens with one attached hydrogen (secondary N) is 2. The number of urea groups is 2. The number of hydrogen-bond acceptors (Lipinski definition) is 7. The molecule has 1 aromatic heterocycles. The Labute approximate surface area is 195 Å². The predicted octanol–water partition coefficient (Wildman–Crippen LogP) is 1.65. The molecule has 4 amide bonds. The van der Waals surface area contributed by atoms with Crippen LogP contribution >= 0.6 is 11.3 Å². The highest BCUT2D eigenvalue weighted by Gasteiger charge is 2.27. The van der Waals surface area contributed by atoms with E-state index in [-0.39, 0.29) is 23.7 Å². The van der Waals surface area contributed by atoms with Crippen LogP contribution in [0.3, 0.4) is 0 Å². The van der Waals surface area contributed by atoms with Crippen molar-refractivity contribution in [1.82, 2.24) is 9.62 Å². The minimum atomic E-state index is -3.31. The normalized spacial score (nSPS) is 16.3. The molecule has 1 unspecified atom stereocenters. The second kappa shape index (κ2) is 10.2. The van der Waals surface area contributed by atoms with Crippen LogP contribution in [-0.2, 0) is 21.3 Å². The molecule has 1 fully saturated rings. The second-order valence-corrected chi connectivity index (χ2v) is 10.5. The number of carbonyl (C=O) groups excluding carboxylic acids is 3. The van der Waals surface area contributed by atoms with E-state index in [0.717, 1.165) is 28.7 Å². The number of piperidine rings is 1. The van der Waals surface area contributed by atoms with Crippen molar-refractivity contribution in [3.63, 3.8) is 0 Å². The van der Waals surface area contributed by atoms with Gasteiger partial charge in [-0.2, -0.15) is 0 Å². The number of benzene rings is 1. The van der Waals surface area contributed by atoms with E-state index in [4.69, 9.17) is 16.2 Å². The first-order chi connectivity index (χ1) is 15.5. The fourth-order valence-electron chi connectivity index (χ4n) is 3.35. The number of primary amides is 2. The lowest BCUT2D eigenvalue weighted by molar-refractivity contribution is 0.0134. The molecule has 1 aliphatic heterocycles. The van der Waals surface area contributed by atoms with E-state index in [2.05, 4.69) is 10.0 Å². The van der Waals surface area contributed by atoms with E-state index >= 15 is 0 Å². The molecule has 2 aromatic rings. The number of anilines is 1. The van der Waals surface area contributed by atoms with Crippen LogP contribution in [0, 0.1) is 0 Å². The maximum absolute atomic E-state index is 12.9. The smallest absolute Gasteiger partial charge is 0.350 e. The van der Waals surface area contributed by atoms with Crippen molar-refractivity contribution < 1.29 is 27.5 Å². The van der Waals surface area contributed by atoms with Crippen LogP contribution in [0.1, 0.15) is 28.1 Å². The van der Waals surface area contributed by atoms with Gasteiger partial charge in [-0.15, -0.1) is 11.3 Å². The number of rotatable bonds is 7. The fourth-order valence-corrected chi connectivity index (χ4v) is 4.78. The molecule has 11 nitrogen and oxygen atoms in total. The highest BCUT2D eigenvalue weighted by Crippen LogP contribution is 2.36. The number of sulfonamides is 1. The Morgan fingerprint density at radius 3 is 2.52 bits per heavy atom. The van der Waals surface area contributed by atoms with Crippen molar-refractivity contribution in [3.05, 3.63) is 40.8 Å². The molecule has 0 saturated carbocycles. The van der Waals surface area contributed by atoms with Gasteiger partial charge in [0.25, 0.3) is 0 Å². The molecule has 33 heavy (non-hydrogen) atoms. The molecular formula is C20H25N5O6S2. The highest BCUT2D eigenvalue weighted by molar-refractivity contribution is 7.88. The van der Waals surface area contributed by atoms with E-state index < -0.39 is 34.2 Å². The number of esters is 1. The lowest BCUT2D eigenvalue weighted by Gasteiger charge is -2.31. The molecule has 178 valence electrons. The van der Waals surface area contributed by atoms with Gasteiger partial charge in [-0.1, -0.05) is 24.3 Å². The summed E-state index contributed by atoms with van der Waals surface area (Å²) < 4.78 is 30.5. The molecule has 1 saturated heterocycles. The number of carbonyl (C=O) groups is 3. The third-order valence-corrected chi connectivity index (χ3v) is 6.75. The van der Waals surface area contributed by atoms with Crippen LogP contribution in [0.5, 0.6) is 0 Å². The maximum Gasteiger partial charge on any atom is 0.350 e. The van der Waals surface area contributed by atoms with Crippen LogP contribution in [0.15, 0.2) is 30.3 Å². The van der Waals surface area contributed by atoms with Crippen LogP contribution in [0.25, 0.3) is 10.4 Å². The summed E-state index contributed by atoms with van der Waals surface area (Å²) in [7, 11) is -3.31. The summed E-state index contributed by atoms with van der Waals surface area (Å²) in [6.07, 6.45) is 1.82. The van der Waals surface area contributed by atoms with Gasteiger partial charge >= 0.3 is 18.0 Å². The Morgan fingerprint density at radius 2 is 1.91 bits per heavy atom. The number of amides is 4. The zero-order valence-electron chi connectivity index (χ0n) is 17.9. The van der Waals surface area contributed by atoms with E-state index in [1.807, 2.05) is 0 Å². The lowest BCUT2D eigenvalue weighted by atomic mass is 10.1. The number of likely N-dealkylation sites (tertiary alicyclic amines) is 1. The summed E-state index contributed by atoms with van der Waals surface area (Å²) in [4.78, 5) is 38.0. The Morgan fingerprint density at radius 1 is 1.21 bits per heavy atom. The topological polar surface area (TPSA) is 174 Å². The van der Waals surface area contributed by atoms with E-state index in [1.54, 1.807) is 30.3 Å². The lowest BCUT2D eigenvalue weighted by Crippen LogP contribution is -2.46. The Kier molecular flexibility index (Phi) is 7.56. The summed E-state index contributed by atoms with van der Waals surface area (Å²) in [5, 5.41) is 2.44. The zero-order chi connectivity index (χ0) is 24.2. The van der Waals surface area contributed by atoms with Gasteiger partial charge in [0.05, 0.1) is 18.5 Å². The van der Waals surface area contributed by atoms with Gasteiger partial charge in [-0.25, -0.2) is 27.5 Å². The summed E-state index contributed by atoms with van der Waals surface area (Å²) in [6.45, 7) is 0.872. The molecule has 0 aliphatic carbocycles. The SMILES string of the molecule is CS(=O)(=O)NCc1ccc(-c2cc(NC(N)=O)c(C(=O)OC3CCCN(C(N)=O)C3)s2)cc1. The van der Waals surface area contributed by atoms with Crippen LogP contribution in [0.4, 0.5) is 15.3 Å². The fraction of sp³-hybridized carbons (Fsp3) is 0.350. The molecule has 1 aromatic carbocycles. The van der Waals surface area contributed by atoms with Gasteiger partial charge in [-0.05, 0) is 30.0 Å². The number of nitrogens with two attached hydrogens (primary N) is 2. The highest BCUT2D eigenvalue weighted by atomic mass is 32.2. The average Bonchev–Trinajstić information content (AvgIpc) is 3.15. The molecule has 1 atom stereocenters. The molecule has 0 bridgehead atoms. The largest absolute Gasteiger partial charge is 0.456 e. The predicted molar refractivity (Wildman–Crippen MR) is 124 cm³/mol. The number of ether oxygens (including phenoxy) is 1. The molecule has 13 heteroatoms. The van der Waals surface area contributed by atoms with Crippen molar-refractivity contribution in [2.75, 3.05) is 24.7 Å². The van der Waals surface area contributed by atoms with E-state index in [0.29, 0.717) is 24.3 Å². The molecule has 3 rings (SSSR count). The Hall–Kier alpha value is -3.16. The third-order valence-electron chi connectivity index (χ3n) is 4.92. The van der Waals surface area contributed by atoms with Gasteiger partial charge in [-0.3, -0.25) is 0 Å². The van der Waals surface area contributed by atoms with Crippen LogP contribution < -0.4 is 21.5 Å². The summed E-state index contributed by atoms with van der Waals surface area (Å²) >= 11 is 1.12. The van der Waals surface area contributed by atoms with Crippen LogP contribution in [0.2, 0.25) is 0 Å². The van der Waals surface area contributed by atoms with Gasteiger partial charge in [0.1, 0.15) is 11.0 Å². The summed E-state index contributed by atoms with van der Waals surface area (Å²) in [6, 6.07) is 7.29. The minimum Gasteiger partial charge on any atom is -0.456 e. The van der Waals surface area contributed by atoms with Gasteiger partial charge in [0.15, 0.2) is 0 Å². The second-order valence-electron chi connectivity index (χ2n) is 7.59. The van der Waals surface area contributed by atoms with Gasteiger partial charge < -0.3 is 26.4 Å². The summed E-state index contributed by atoms with van der Waals surface area (Å²) in [5.41, 5.74) is 12.3. The van der Waals surface area contributed by atoms with Crippen molar-refractivity contribution in [2.45, 2.75) is 25.5 Å². The Bertz CT molecular complexity index is 1150. The maximum atomic E-state index is 12.9.